The molecule has 3 heterocycles. The van der Waals surface area contributed by atoms with Crippen molar-refractivity contribution in [2.24, 2.45) is 10.6 Å². The number of aromatic nitrogens is 1. The van der Waals surface area contributed by atoms with Crippen LogP contribution in [-0.4, -0.2) is 42.5 Å². The number of nitrogens with zero attached hydrogens (tertiary/aromatic N) is 2. The molecule has 0 radical (unpaired) electrons. The van der Waals surface area contributed by atoms with E-state index in [4.69, 9.17) is 9.57 Å². The fourth-order valence-electron chi connectivity index (χ4n) is 4.23. The molecule has 1 amide bonds. The average Bonchev–Trinajstić information content (AvgIpc) is 3.24. The predicted octanol–water partition coefficient (Wildman–Crippen LogP) is 3.43. The highest BCUT2D eigenvalue weighted by molar-refractivity contribution is 6.01. The summed E-state index contributed by atoms with van der Waals surface area (Å²) in [6, 6.07) is 12.3. The molecule has 1 N–H and O–H groups in total. The van der Waals surface area contributed by atoms with E-state index in [1.54, 1.807) is 12.4 Å². The maximum Gasteiger partial charge on any atom is 0.226 e. The molecule has 0 aliphatic carbocycles. The topological polar surface area (TPSA) is 72.8 Å². The van der Waals surface area contributed by atoms with Gasteiger partial charge in [-0.25, -0.2) is 0 Å². The van der Waals surface area contributed by atoms with E-state index < -0.39 is 5.41 Å². The summed E-state index contributed by atoms with van der Waals surface area (Å²) in [7, 11) is 0. The van der Waals surface area contributed by atoms with Crippen LogP contribution in [0.15, 0.2) is 53.9 Å². The molecule has 0 unspecified atom stereocenters. The highest BCUT2D eigenvalue weighted by atomic mass is 16.6. The molecule has 4 rings (SSSR count). The average molecular weight is 408 g/mol. The third kappa shape index (κ3) is 4.87. The Hall–Kier alpha value is -2.73. The molecule has 2 aromatic rings. The maximum atomic E-state index is 13.2. The summed E-state index contributed by atoms with van der Waals surface area (Å²) in [5.74, 6) is 0.104. The predicted molar refractivity (Wildman–Crippen MR) is 115 cm³/mol. The van der Waals surface area contributed by atoms with Crippen LogP contribution in [0.5, 0.6) is 0 Å². The lowest BCUT2D eigenvalue weighted by Gasteiger charge is -2.37. The molecule has 1 saturated heterocycles. The van der Waals surface area contributed by atoms with Crippen molar-refractivity contribution in [1.29, 1.82) is 0 Å². The highest BCUT2D eigenvalue weighted by Crippen LogP contribution is 2.38. The van der Waals surface area contributed by atoms with Crippen molar-refractivity contribution in [3.63, 3.8) is 0 Å². The molecule has 0 saturated carbocycles. The maximum absolute atomic E-state index is 13.2. The van der Waals surface area contributed by atoms with Crippen LogP contribution in [0, 0.1) is 12.3 Å². The van der Waals surface area contributed by atoms with Crippen molar-refractivity contribution in [3.8, 4) is 0 Å². The summed E-state index contributed by atoms with van der Waals surface area (Å²) in [4.78, 5) is 23.0. The van der Waals surface area contributed by atoms with Crippen LogP contribution >= 0.6 is 0 Å². The molecule has 1 atom stereocenters. The Morgan fingerprint density at radius 1 is 1.13 bits per heavy atom. The van der Waals surface area contributed by atoms with Gasteiger partial charge in [0, 0.05) is 45.0 Å². The molecule has 2 aliphatic heterocycles. The lowest BCUT2D eigenvalue weighted by Crippen LogP contribution is -2.47. The number of carbonyl (C=O) groups excluding carboxylic acids is 1. The van der Waals surface area contributed by atoms with Crippen molar-refractivity contribution < 1.29 is 14.4 Å². The largest absolute Gasteiger partial charge is 0.392 e. The van der Waals surface area contributed by atoms with E-state index in [-0.39, 0.29) is 12.0 Å². The first kappa shape index (κ1) is 20.5. The van der Waals surface area contributed by atoms with Gasteiger partial charge in [-0.3, -0.25) is 9.78 Å². The van der Waals surface area contributed by atoms with Gasteiger partial charge in [0.15, 0.2) is 0 Å². The third-order valence-corrected chi connectivity index (χ3v) is 6.12. The number of amides is 1. The summed E-state index contributed by atoms with van der Waals surface area (Å²) >= 11 is 0. The van der Waals surface area contributed by atoms with E-state index in [9.17, 15) is 4.79 Å². The lowest BCUT2D eigenvalue weighted by molar-refractivity contribution is -0.140. The number of benzene rings is 1. The molecule has 0 bridgehead atoms. The molecule has 2 aliphatic rings. The Bertz CT molecular complexity index is 874. The van der Waals surface area contributed by atoms with Gasteiger partial charge in [0.25, 0.3) is 0 Å². The van der Waals surface area contributed by atoms with Crippen molar-refractivity contribution in [1.82, 2.24) is 10.3 Å². The van der Waals surface area contributed by atoms with E-state index in [0.717, 1.165) is 24.1 Å². The van der Waals surface area contributed by atoms with Crippen LogP contribution in [0.25, 0.3) is 0 Å². The Morgan fingerprint density at radius 2 is 1.87 bits per heavy atom. The molecule has 1 fully saturated rings. The monoisotopic (exact) mass is 407 g/mol. The first-order chi connectivity index (χ1) is 14.6. The van der Waals surface area contributed by atoms with Crippen LogP contribution < -0.4 is 5.32 Å². The van der Waals surface area contributed by atoms with Crippen LogP contribution in [0.3, 0.4) is 0 Å². The van der Waals surface area contributed by atoms with Gasteiger partial charge in [-0.2, -0.15) is 0 Å². The number of rotatable bonds is 7. The Labute approximate surface area is 177 Å². The first-order valence-electron chi connectivity index (χ1n) is 10.7. The van der Waals surface area contributed by atoms with Crippen molar-refractivity contribution in [3.05, 3.63) is 65.5 Å². The van der Waals surface area contributed by atoms with Gasteiger partial charge in [0.1, 0.15) is 6.10 Å². The first-order valence-corrected chi connectivity index (χ1v) is 10.7. The van der Waals surface area contributed by atoms with Crippen LogP contribution in [-0.2, 0) is 20.8 Å². The van der Waals surface area contributed by atoms with Gasteiger partial charge in [-0.05, 0) is 49.4 Å². The molecule has 0 spiro atoms. The van der Waals surface area contributed by atoms with E-state index in [2.05, 4.69) is 46.6 Å². The minimum absolute atomic E-state index is 0.0784. The summed E-state index contributed by atoms with van der Waals surface area (Å²) < 4.78 is 5.56. The van der Waals surface area contributed by atoms with Gasteiger partial charge in [-0.1, -0.05) is 35.0 Å². The normalized spacial score (nSPS) is 20.3. The van der Waals surface area contributed by atoms with Gasteiger partial charge in [0.2, 0.25) is 5.91 Å². The van der Waals surface area contributed by atoms with Crippen molar-refractivity contribution in [2.45, 2.75) is 45.1 Å². The minimum Gasteiger partial charge on any atom is -0.392 e. The number of hydrogen-bond donors (Lipinski definition) is 1. The zero-order valence-corrected chi connectivity index (χ0v) is 17.5. The fraction of sp³-hybridized carbons (Fsp3) is 0.458. The lowest BCUT2D eigenvalue weighted by atomic mass is 9.74. The number of carbonyl (C=O) groups is 1. The number of nitrogens with one attached hydrogen (secondary N) is 1. The Kier molecular flexibility index (Phi) is 6.43. The van der Waals surface area contributed by atoms with Gasteiger partial charge in [0.05, 0.1) is 11.1 Å². The summed E-state index contributed by atoms with van der Waals surface area (Å²) in [5.41, 5.74) is 3.98. The highest BCUT2D eigenvalue weighted by Gasteiger charge is 2.43. The van der Waals surface area contributed by atoms with Crippen LogP contribution in [0.4, 0.5) is 0 Å². The molecule has 30 heavy (non-hydrogen) atoms. The fourth-order valence-corrected chi connectivity index (χ4v) is 4.23. The molecule has 158 valence electrons. The molecule has 6 heteroatoms. The smallest absolute Gasteiger partial charge is 0.226 e. The summed E-state index contributed by atoms with van der Waals surface area (Å²) in [6.45, 7) is 3.90. The Morgan fingerprint density at radius 3 is 2.60 bits per heavy atom. The summed E-state index contributed by atoms with van der Waals surface area (Å²) in [5, 5.41) is 7.48. The van der Waals surface area contributed by atoms with E-state index in [0.29, 0.717) is 39.0 Å². The Balaban J connectivity index is 1.36. The molecular weight excluding hydrogens is 378 g/mol. The molecule has 1 aromatic carbocycles. The number of oxime groups is 1. The third-order valence-electron chi connectivity index (χ3n) is 6.12. The standard InChI is InChI=1S/C24H29N3O3/c1-18-2-4-20(5-3-18)22-16-21(30-27-22)17-24(9-14-29-15-10-24)23(28)26-13-8-19-6-11-25-12-7-19/h2-7,11-12,21H,8-10,13-17H2,1H3,(H,26,28)/t21-/m0/s1. The van der Waals surface area contributed by atoms with Crippen molar-refractivity contribution in [2.75, 3.05) is 19.8 Å². The number of aryl methyl sites for hydroxylation is 1. The van der Waals surface area contributed by atoms with Gasteiger partial charge < -0.3 is 14.9 Å². The van der Waals surface area contributed by atoms with E-state index >= 15 is 0 Å². The molecular formula is C24H29N3O3. The van der Waals surface area contributed by atoms with E-state index in [1.807, 2.05) is 12.1 Å². The summed E-state index contributed by atoms with van der Waals surface area (Å²) in [6.07, 6.45) is 7.10. The quantitative estimate of drug-likeness (QED) is 0.763. The van der Waals surface area contributed by atoms with Crippen LogP contribution in [0.2, 0.25) is 0 Å². The number of pyridine rings is 1. The second-order valence-electron chi connectivity index (χ2n) is 8.29. The SMILES string of the molecule is Cc1ccc(C2=NO[C@H](CC3(C(=O)NCCc4ccncc4)CCOCC3)C2)cc1. The van der Waals surface area contributed by atoms with Gasteiger partial charge >= 0.3 is 0 Å². The zero-order valence-electron chi connectivity index (χ0n) is 17.5. The molecule has 1 aromatic heterocycles. The van der Waals surface area contributed by atoms with Gasteiger partial charge in [-0.15, -0.1) is 0 Å². The number of hydrogen-bond acceptors (Lipinski definition) is 5. The van der Waals surface area contributed by atoms with Crippen molar-refractivity contribution >= 4 is 11.6 Å². The van der Waals surface area contributed by atoms with Crippen LogP contribution in [0.1, 0.15) is 42.4 Å². The second-order valence-corrected chi connectivity index (χ2v) is 8.29. The van der Waals surface area contributed by atoms with E-state index in [1.165, 1.54) is 11.1 Å². The molecule has 6 nitrogen and oxygen atoms in total. The minimum atomic E-state index is -0.459. The number of ether oxygens (including phenoxy) is 1. The second kappa shape index (κ2) is 9.39. The zero-order chi connectivity index (χ0) is 20.8.